The van der Waals surface area contributed by atoms with Gasteiger partial charge in [0.2, 0.25) is 0 Å². The van der Waals surface area contributed by atoms with E-state index in [0.29, 0.717) is 46.7 Å². The summed E-state index contributed by atoms with van der Waals surface area (Å²) in [5.41, 5.74) is 15.8. The van der Waals surface area contributed by atoms with E-state index in [0.717, 1.165) is 19.3 Å². The molecule has 206 valence electrons. The molecule has 0 bridgehead atoms. The number of nitrogens with zero attached hydrogens (tertiary/aromatic N) is 3. The summed E-state index contributed by atoms with van der Waals surface area (Å²) < 4.78 is 0. The van der Waals surface area contributed by atoms with Crippen LogP contribution in [-0.4, -0.2) is 40.8 Å². The van der Waals surface area contributed by atoms with Gasteiger partial charge in [0, 0.05) is 41.5 Å². The minimum Gasteiger partial charge on any atom is -0.398 e. The fraction of sp³-hybridized carbons (Fsp3) is 0.188. The smallest absolute Gasteiger partial charge is 0.258 e. The van der Waals surface area contributed by atoms with Crippen molar-refractivity contribution in [2.75, 3.05) is 24.1 Å². The van der Waals surface area contributed by atoms with Crippen LogP contribution in [0, 0.1) is 11.3 Å². The molecule has 0 aliphatic carbocycles. The first-order valence-electron chi connectivity index (χ1n) is 13.4. The van der Waals surface area contributed by atoms with Gasteiger partial charge in [-0.15, -0.1) is 0 Å². The van der Waals surface area contributed by atoms with Crippen LogP contribution in [0.25, 0.3) is 22.4 Å². The Balaban J connectivity index is 1.62. The van der Waals surface area contributed by atoms with E-state index in [1.165, 1.54) is 0 Å². The number of nitrogen functional groups attached to an aromatic ring is 1. The first-order valence-corrected chi connectivity index (χ1v) is 13.8. The second-order valence-electron chi connectivity index (χ2n) is 9.88. The predicted octanol–water partition coefficient (Wildman–Crippen LogP) is 5.73. The number of nitrogens with two attached hydrogens (primary N) is 2. The number of nitriles is 1. The minimum atomic E-state index is -0.509. The standard InChI is InChI=1S/C32H29ClN6O2/c33-27-13-3-1-11-23(27)31(40)38-30-26(19-35)25(17-29(37-30)24-12-2-4-14-28(24)36)20-8-7-9-21(16-20)32(41)39-15-6-5-10-22(39)18-34/h1-4,7-9,11-14,16-17,22H,5-6,10,15,18,34,36H2,(H,37,38,40). The van der Waals surface area contributed by atoms with E-state index in [2.05, 4.69) is 16.4 Å². The maximum atomic E-state index is 13.5. The fourth-order valence-electron chi connectivity index (χ4n) is 5.16. The molecule has 1 aliphatic rings. The molecule has 41 heavy (non-hydrogen) atoms. The van der Waals surface area contributed by atoms with Crippen molar-refractivity contribution in [1.29, 1.82) is 5.26 Å². The molecule has 0 spiro atoms. The molecule has 0 radical (unpaired) electrons. The van der Waals surface area contributed by atoms with Crippen LogP contribution in [0.1, 0.15) is 45.5 Å². The molecule has 5 N–H and O–H groups in total. The summed E-state index contributed by atoms with van der Waals surface area (Å²) in [5, 5.41) is 13.3. The first kappa shape index (κ1) is 27.8. The third-order valence-electron chi connectivity index (χ3n) is 7.30. The van der Waals surface area contributed by atoms with Crippen LogP contribution in [0.5, 0.6) is 0 Å². The molecule has 1 unspecified atom stereocenters. The zero-order chi connectivity index (χ0) is 28.9. The van der Waals surface area contributed by atoms with Gasteiger partial charge in [0.05, 0.1) is 16.3 Å². The van der Waals surface area contributed by atoms with E-state index < -0.39 is 5.91 Å². The van der Waals surface area contributed by atoms with E-state index in [1.807, 2.05) is 29.2 Å². The third kappa shape index (κ3) is 5.78. The monoisotopic (exact) mass is 564 g/mol. The number of amides is 2. The van der Waals surface area contributed by atoms with Crippen LogP contribution in [0.15, 0.2) is 78.9 Å². The maximum Gasteiger partial charge on any atom is 0.258 e. The highest BCUT2D eigenvalue weighted by molar-refractivity contribution is 6.34. The number of anilines is 2. The van der Waals surface area contributed by atoms with Crippen molar-refractivity contribution in [3.8, 4) is 28.5 Å². The highest BCUT2D eigenvalue weighted by Gasteiger charge is 2.27. The zero-order valence-electron chi connectivity index (χ0n) is 22.3. The van der Waals surface area contributed by atoms with Crippen LogP contribution in [0.4, 0.5) is 11.5 Å². The lowest BCUT2D eigenvalue weighted by Crippen LogP contribution is -2.47. The van der Waals surface area contributed by atoms with Crippen LogP contribution in [0.3, 0.4) is 0 Å². The molecule has 4 aromatic rings. The van der Waals surface area contributed by atoms with Gasteiger partial charge in [0.1, 0.15) is 11.6 Å². The summed E-state index contributed by atoms with van der Waals surface area (Å²) in [7, 11) is 0. The number of piperidine rings is 1. The fourth-order valence-corrected chi connectivity index (χ4v) is 5.38. The van der Waals surface area contributed by atoms with Gasteiger partial charge in [-0.05, 0) is 61.2 Å². The van der Waals surface area contributed by atoms with Crippen molar-refractivity contribution in [2.24, 2.45) is 5.73 Å². The Morgan fingerprint density at radius 2 is 1.80 bits per heavy atom. The Morgan fingerprint density at radius 3 is 2.56 bits per heavy atom. The first-order chi connectivity index (χ1) is 19.9. The van der Waals surface area contributed by atoms with Gasteiger partial charge < -0.3 is 21.7 Å². The Kier molecular flexibility index (Phi) is 8.29. The van der Waals surface area contributed by atoms with Crippen LogP contribution >= 0.6 is 11.6 Å². The highest BCUT2D eigenvalue weighted by atomic mass is 35.5. The second kappa shape index (κ2) is 12.2. The number of carbonyl (C=O) groups excluding carboxylic acids is 2. The van der Waals surface area contributed by atoms with Crippen molar-refractivity contribution < 1.29 is 9.59 Å². The van der Waals surface area contributed by atoms with Crippen molar-refractivity contribution in [2.45, 2.75) is 25.3 Å². The van der Waals surface area contributed by atoms with E-state index in [9.17, 15) is 14.9 Å². The predicted molar refractivity (Wildman–Crippen MR) is 161 cm³/mol. The van der Waals surface area contributed by atoms with Crippen molar-refractivity contribution in [3.63, 3.8) is 0 Å². The molecule has 1 aliphatic heterocycles. The Bertz CT molecular complexity index is 1660. The van der Waals surface area contributed by atoms with Gasteiger partial charge >= 0.3 is 0 Å². The topological polar surface area (TPSA) is 138 Å². The maximum absolute atomic E-state index is 13.5. The number of carbonyl (C=O) groups is 2. The molecule has 2 heterocycles. The third-order valence-corrected chi connectivity index (χ3v) is 7.63. The number of para-hydroxylation sites is 1. The number of rotatable bonds is 6. The Hall–Kier alpha value is -4.71. The van der Waals surface area contributed by atoms with Crippen molar-refractivity contribution in [1.82, 2.24) is 9.88 Å². The van der Waals surface area contributed by atoms with Crippen LogP contribution < -0.4 is 16.8 Å². The highest BCUT2D eigenvalue weighted by Crippen LogP contribution is 2.35. The quantitative estimate of drug-likeness (QED) is 0.256. The summed E-state index contributed by atoms with van der Waals surface area (Å²) in [6.45, 7) is 1.06. The number of pyridine rings is 1. The molecule has 1 fully saturated rings. The summed E-state index contributed by atoms with van der Waals surface area (Å²) >= 11 is 6.26. The number of benzene rings is 3. The van der Waals surface area contributed by atoms with Gasteiger partial charge in [-0.1, -0.05) is 54.1 Å². The van der Waals surface area contributed by atoms with E-state index in [-0.39, 0.29) is 33.9 Å². The molecule has 1 saturated heterocycles. The normalized spacial score (nSPS) is 14.8. The van der Waals surface area contributed by atoms with Gasteiger partial charge in [-0.2, -0.15) is 5.26 Å². The lowest BCUT2D eigenvalue weighted by molar-refractivity contribution is 0.0623. The lowest BCUT2D eigenvalue weighted by atomic mass is 9.95. The zero-order valence-corrected chi connectivity index (χ0v) is 23.1. The second-order valence-corrected chi connectivity index (χ2v) is 10.3. The molecule has 8 nitrogen and oxygen atoms in total. The molecular formula is C32H29ClN6O2. The minimum absolute atomic E-state index is 0.00483. The number of hydrogen-bond acceptors (Lipinski definition) is 6. The summed E-state index contributed by atoms with van der Waals surface area (Å²) in [4.78, 5) is 33.2. The van der Waals surface area contributed by atoms with E-state index in [1.54, 1.807) is 54.6 Å². The molecule has 3 aromatic carbocycles. The number of likely N-dealkylation sites (tertiary alicyclic amines) is 1. The van der Waals surface area contributed by atoms with E-state index >= 15 is 0 Å². The molecule has 2 amide bonds. The number of nitrogens with one attached hydrogen (secondary N) is 1. The molecule has 5 rings (SSSR count). The lowest BCUT2D eigenvalue weighted by Gasteiger charge is -2.35. The molecule has 9 heteroatoms. The molecule has 1 atom stereocenters. The van der Waals surface area contributed by atoms with Gasteiger partial charge in [-0.25, -0.2) is 4.98 Å². The molecule has 1 aromatic heterocycles. The Morgan fingerprint density at radius 1 is 1.02 bits per heavy atom. The largest absolute Gasteiger partial charge is 0.398 e. The van der Waals surface area contributed by atoms with Gasteiger partial charge in [-0.3, -0.25) is 9.59 Å². The summed E-state index contributed by atoms with van der Waals surface area (Å²) in [5.74, 6) is -0.552. The Labute approximate surface area is 243 Å². The molecular weight excluding hydrogens is 536 g/mol. The van der Waals surface area contributed by atoms with E-state index in [4.69, 9.17) is 23.1 Å². The molecule has 0 saturated carbocycles. The average Bonchev–Trinajstić information content (AvgIpc) is 3.00. The van der Waals surface area contributed by atoms with Gasteiger partial charge in [0.15, 0.2) is 5.82 Å². The SMILES string of the molecule is N#Cc1c(-c2cccc(C(=O)N3CCCCC3CN)c2)cc(-c2ccccc2N)nc1NC(=O)c1ccccc1Cl. The summed E-state index contributed by atoms with van der Waals surface area (Å²) in [6, 6.07) is 24.9. The van der Waals surface area contributed by atoms with Crippen LogP contribution in [0.2, 0.25) is 5.02 Å². The van der Waals surface area contributed by atoms with Crippen molar-refractivity contribution in [3.05, 3.63) is 101 Å². The average molecular weight is 565 g/mol. The summed E-state index contributed by atoms with van der Waals surface area (Å²) in [6.07, 6.45) is 2.85. The van der Waals surface area contributed by atoms with Crippen molar-refractivity contribution >= 4 is 34.9 Å². The van der Waals surface area contributed by atoms with Gasteiger partial charge in [0.25, 0.3) is 11.8 Å². The number of aromatic nitrogens is 1. The van der Waals surface area contributed by atoms with Crippen LogP contribution in [-0.2, 0) is 0 Å². The number of hydrogen-bond donors (Lipinski definition) is 3. The number of halogens is 1.